The smallest absolute Gasteiger partial charge is 0.0464 e. The van der Waals surface area contributed by atoms with Crippen LogP contribution in [0.4, 0.5) is 0 Å². The Morgan fingerprint density at radius 1 is 1.47 bits per heavy atom. The summed E-state index contributed by atoms with van der Waals surface area (Å²) in [6.07, 6.45) is 1.09. The molecular weight excluding hydrogens is 210 g/mol. The molecule has 1 aliphatic heterocycles. The van der Waals surface area contributed by atoms with E-state index in [4.69, 9.17) is 4.98 Å². The van der Waals surface area contributed by atoms with Gasteiger partial charge in [-0.2, -0.15) is 0 Å². The quantitative estimate of drug-likeness (QED) is 0.864. The Hall–Kier alpha value is -0.930. The van der Waals surface area contributed by atoms with E-state index in [9.17, 15) is 0 Å². The predicted octanol–water partition coefficient (Wildman–Crippen LogP) is 1.88. The van der Waals surface area contributed by atoms with Crippen molar-refractivity contribution in [3.63, 3.8) is 0 Å². The second-order valence-electron chi connectivity index (χ2n) is 5.36. The molecule has 0 saturated carbocycles. The summed E-state index contributed by atoms with van der Waals surface area (Å²) in [6.45, 7) is 9.56. The molecule has 0 aromatic carbocycles. The normalized spacial score (nSPS) is 16.3. The highest BCUT2D eigenvalue weighted by Gasteiger charge is 2.16. The molecule has 0 atom stereocenters. The van der Waals surface area contributed by atoms with Gasteiger partial charge < -0.3 is 10.2 Å². The van der Waals surface area contributed by atoms with E-state index in [1.54, 1.807) is 0 Å². The zero-order valence-electron chi connectivity index (χ0n) is 11.4. The number of nitrogens with one attached hydrogen (secondary N) is 1. The van der Waals surface area contributed by atoms with Crippen LogP contribution in [0, 0.1) is 6.92 Å². The van der Waals surface area contributed by atoms with Crippen molar-refractivity contribution in [2.45, 2.75) is 46.3 Å². The van der Waals surface area contributed by atoms with Crippen molar-refractivity contribution in [2.75, 3.05) is 13.6 Å². The SMILES string of the molecule is Cc1nc2c(cc1CNC(C)C)CN(C)CC2. The molecule has 1 aromatic rings. The van der Waals surface area contributed by atoms with Gasteiger partial charge in [0, 0.05) is 43.5 Å². The van der Waals surface area contributed by atoms with E-state index in [1.165, 1.54) is 22.5 Å². The topological polar surface area (TPSA) is 28.2 Å². The van der Waals surface area contributed by atoms with Crippen LogP contribution in [0.2, 0.25) is 0 Å². The number of fused-ring (bicyclic) bond motifs is 1. The Bertz CT molecular complexity index is 399. The van der Waals surface area contributed by atoms with Crippen molar-refractivity contribution in [1.82, 2.24) is 15.2 Å². The van der Waals surface area contributed by atoms with Crippen molar-refractivity contribution < 1.29 is 0 Å². The molecule has 1 N–H and O–H groups in total. The summed E-state index contributed by atoms with van der Waals surface area (Å²) < 4.78 is 0. The van der Waals surface area contributed by atoms with Gasteiger partial charge in [0.1, 0.15) is 0 Å². The van der Waals surface area contributed by atoms with Gasteiger partial charge in [-0.25, -0.2) is 0 Å². The Labute approximate surface area is 104 Å². The maximum Gasteiger partial charge on any atom is 0.0464 e. The molecule has 2 rings (SSSR count). The first-order valence-electron chi connectivity index (χ1n) is 6.46. The van der Waals surface area contributed by atoms with E-state index < -0.39 is 0 Å². The first kappa shape index (κ1) is 12.5. The summed E-state index contributed by atoms with van der Waals surface area (Å²) in [6, 6.07) is 2.86. The lowest BCUT2D eigenvalue weighted by molar-refractivity contribution is 0.309. The van der Waals surface area contributed by atoms with E-state index >= 15 is 0 Å². The highest BCUT2D eigenvalue weighted by molar-refractivity contribution is 5.31. The van der Waals surface area contributed by atoms with Crippen molar-refractivity contribution in [1.29, 1.82) is 0 Å². The Morgan fingerprint density at radius 2 is 2.24 bits per heavy atom. The molecular formula is C14H23N3. The second-order valence-corrected chi connectivity index (χ2v) is 5.36. The number of aromatic nitrogens is 1. The van der Waals surface area contributed by atoms with E-state index in [2.05, 4.69) is 44.1 Å². The van der Waals surface area contributed by atoms with Crippen LogP contribution in [-0.4, -0.2) is 29.5 Å². The largest absolute Gasteiger partial charge is 0.310 e. The highest BCUT2D eigenvalue weighted by Crippen LogP contribution is 2.19. The van der Waals surface area contributed by atoms with Crippen LogP contribution >= 0.6 is 0 Å². The van der Waals surface area contributed by atoms with Gasteiger partial charge in [-0.3, -0.25) is 4.98 Å². The predicted molar refractivity (Wildman–Crippen MR) is 71.0 cm³/mol. The first-order valence-corrected chi connectivity index (χ1v) is 6.46. The molecule has 2 heterocycles. The number of aryl methyl sites for hydroxylation is 1. The Kier molecular flexibility index (Phi) is 3.79. The molecule has 3 nitrogen and oxygen atoms in total. The fourth-order valence-corrected chi connectivity index (χ4v) is 2.26. The standard InChI is InChI=1S/C14H23N3/c1-10(2)15-8-12-7-13-9-17(4)6-5-14(13)16-11(12)3/h7,10,15H,5-6,8-9H2,1-4H3. The summed E-state index contributed by atoms with van der Waals surface area (Å²) in [5, 5.41) is 3.47. The van der Waals surface area contributed by atoms with Crippen LogP contribution in [0.15, 0.2) is 6.07 Å². The summed E-state index contributed by atoms with van der Waals surface area (Å²) in [7, 11) is 2.18. The third-order valence-corrected chi connectivity index (χ3v) is 3.36. The molecule has 1 aliphatic rings. The first-order chi connectivity index (χ1) is 8.06. The van der Waals surface area contributed by atoms with Crippen LogP contribution in [0.3, 0.4) is 0 Å². The molecule has 0 spiro atoms. The number of likely N-dealkylation sites (N-methyl/N-ethyl adjacent to an activating group) is 1. The van der Waals surface area contributed by atoms with Crippen molar-refractivity contribution >= 4 is 0 Å². The molecule has 0 fully saturated rings. The lowest BCUT2D eigenvalue weighted by Crippen LogP contribution is -2.28. The minimum absolute atomic E-state index is 0.521. The monoisotopic (exact) mass is 233 g/mol. The van der Waals surface area contributed by atoms with Crippen LogP contribution in [0.1, 0.15) is 36.4 Å². The number of hydrogen-bond donors (Lipinski definition) is 1. The summed E-state index contributed by atoms with van der Waals surface area (Å²) in [5.74, 6) is 0. The average molecular weight is 233 g/mol. The summed E-state index contributed by atoms with van der Waals surface area (Å²) >= 11 is 0. The van der Waals surface area contributed by atoms with Gasteiger partial charge in [-0.15, -0.1) is 0 Å². The molecule has 3 heteroatoms. The molecule has 1 aromatic heterocycles. The zero-order valence-corrected chi connectivity index (χ0v) is 11.4. The van der Waals surface area contributed by atoms with Crippen LogP contribution in [-0.2, 0) is 19.5 Å². The molecule has 0 unspecified atom stereocenters. The van der Waals surface area contributed by atoms with E-state index in [-0.39, 0.29) is 0 Å². The molecule has 0 aliphatic carbocycles. The molecule has 17 heavy (non-hydrogen) atoms. The third kappa shape index (κ3) is 3.05. The average Bonchev–Trinajstić information content (AvgIpc) is 2.26. The number of nitrogens with zero attached hydrogens (tertiary/aromatic N) is 2. The van der Waals surface area contributed by atoms with Crippen LogP contribution in [0.25, 0.3) is 0 Å². The lowest BCUT2D eigenvalue weighted by Gasteiger charge is -2.25. The minimum Gasteiger partial charge on any atom is -0.310 e. The van der Waals surface area contributed by atoms with Gasteiger partial charge in [-0.1, -0.05) is 13.8 Å². The van der Waals surface area contributed by atoms with Crippen molar-refractivity contribution in [3.05, 3.63) is 28.6 Å². The van der Waals surface area contributed by atoms with E-state index in [0.717, 1.165) is 26.1 Å². The van der Waals surface area contributed by atoms with Crippen molar-refractivity contribution in [2.24, 2.45) is 0 Å². The van der Waals surface area contributed by atoms with Gasteiger partial charge in [-0.05, 0) is 31.2 Å². The summed E-state index contributed by atoms with van der Waals surface area (Å²) in [5.41, 5.74) is 5.23. The van der Waals surface area contributed by atoms with Gasteiger partial charge in [0.25, 0.3) is 0 Å². The fraction of sp³-hybridized carbons (Fsp3) is 0.643. The molecule has 94 valence electrons. The molecule has 0 saturated heterocycles. The summed E-state index contributed by atoms with van der Waals surface area (Å²) in [4.78, 5) is 7.12. The van der Waals surface area contributed by atoms with Gasteiger partial charge in [0.15, 0.2) is 0 Å². The van der Waals surface area contributed by atoms with E-state index in [0.29, 0.717) is 6.04 Å². The van der Waals surface area contributed by atoms with Gasteiger partial charge in [0.2, 0.25) is 0 Å². The van der Waals surface area contributed by atoms with Gasteiger partial charge in [0.05, 0.1) is 0 Å². The number of pyridine rings is 1. The Morgan fingerprint density at radius 3 is 2.94 bits per heavy atom. The lowest BCUT2D eigenvalue weighted by atomic mass is 10.0. The Balaban J connectivity index is 2.20. The van der Waals surface area contributed by atoms with Crippen LogP contribution in [0.5, 0.6) is 0 Å². The van der Waals surface area contributed by atoms with E-state index in [1.807, 2.05) is 0 Å². The number of hydrogen-bond acceptors (Lipinski definition) is 3. The molecule has 0 bridgehead atoms. The third-order valence-electron chi connectivity index (χ3n) is 3.36. The minimum atomic E-state index is 0.521. The van der Waals surface area contributed by atoms with Gasteiger partial charge >= 0.3 is 0 Å². The van der Waals surface area contributed by atoms with Crippen molar-refractivity contribution in [3.8, 4) is 0 Å². The molecule has 0 amide bonds. The fourth-order valence-electron chi connectivity index (χ4n) is 2.26. The zero-order chi connectivity index (χ0) is 12.4. The number of rotatable bonds is 3. The maximum absolute atomic E-state index is 4.76. The maximum atomic E-state index is 4.76. The van der Waals surface area contributed by atoms with Crippen LogP contribution < -0.4 is 5.32 Å². The molecule has 0 radical (unpaired) electrons. The highest BCUT2D eigenvalue weighted by atomic mass is 15.1. The second kappa shape index (κ2) is 5.15.